The van der Waals surface area contributed by atoms with Crippen LogP contribution in [-0.4, -0.2) is 35.2 Å². The van der Waals surface area contributed by atoms with Crippen molar-refractivity contribution >= 4 is 25.7 Å². The maximum atomic E-state index is 11.9. The molecule has 0 aliphatic carbocycles. The standard InChI is InChI=1S/C11H19N3O4S2/c1-9(2)14-20(17,18)11-5-3-10(4-6-11)13-7-8-19(12,15)16/h3-6,9,13-14H,7-8H2,1-2H3,(H2,12,15,16). The summed E-state index contributed by atoms with van der Waals surface area (Å²) in [6, 6.07) is 5.84. The van der Waals surface area contributed by atoms with Crippen LogP contribution < -0.4 is 15.2 Å². The highest BCUT2D eigenvalue weighted by Crippen LogP contribution is 2.14. The molecule has 0 aromatic heterocycles. The fraction of sp³-hybridized carbons (Fsp3) is 0.455. The molecule has 0 saturated heterocycles. The number of nitrogens with one attached hydrogen (secondary N) is 2. The van der Waals surface area contributed by atoms with Gasteiger partial charge in [-0.05, 0) is 38.1 Å². The van der Waals surface area contributed by atoms with Crippen LogP contribution in [0.15, 0.2) is 29.2 Å². The summed E-state index contributed by atoms with van der Waals surface area (Å²) in [6.45, 7) is 3.64. The van der Waals surface area contributed by atoms with E-state index in [-0.39, 0.29) is 23.2 Å². The molecule has 0 atom stereocenters. The van der Waals surface area contributed by atoms with Crippen molar-refractivity contribution in [2.24, 2.45) is 5.14 Å². The van der Waals surface area contributed by atoms with Crippen LogP contribution in [0.25, 0.3) is 0 Å². The van der Waals surface area contributed by atoms with Gasteiger partial charge in [0.05, 0.1) is 10.6 Å². The van der Waals surface area contributed by atoms with Crippen LogP contribution in [0.5, 0.6) is 0 Å². The van der Waals surface area contributed by atoms with Gasteiger partial charge in [-0.15, -0.1) is 0 Å². The molecule has 0 radical (unpaired) electrons. The average Bonchev–Trinajstić information content (AvgIpc) is 2.26. The summed E-state index contributed by atoms with van der Waals surface area (Å²) in [7, 11) is -7.02. The van der Waals surface area contributed by atoms with Crippen molar-refractivity contribution in [2.75, 3.05) is 17.6 Å². The molecule has 4 N–H and O–H groups in total. The van der Waals surface area contributed by atoms with Crippen LogP contribution in [0.3, 0.4) is 0 Å². The Morgan fingerprint density at radius 1 is 1.10 bits per heavy atom. The first-order chi connectivity index (χ1) is 9.10. The van der Waals surface area contributed by atoms with Crippen molar-refractivity contribution in [3.63, 3.8) is 0 Å². The number of sulfonamides is 2. The maximum absolute atomic E-state index is 11.9. The summed E-state index contributed by atoms with van der Waals surface area (Å²) >= 11 is 0. The first-order valence-electron chi connectivity index (χ1n) is 5.97. The summed E-state index contributed by atoms with van der Waals surface area (Å²) in [5.74, 6) is -0.193. The Labute approximate surface area is 119 Å². The fourth-order valence-electron chi connectivity index (χ4n) is 1.47. The van der Waals surface area contributed by atoms with E-state index in [4.69, 9.17) is 5.14 Å². The largest absolute Gasteiger partial charge is 0.384 e. The zero-order chi connectivity index (χ0) is 15.4. The van der Waals surface area contributed by atoms with E-state index in [1.807, 2.05) is 0 Å². The minimum Gasteiger partial charge on any atom is -0.384 e. The highest BCUT2D eigenvalue weighted by molar-refractivity contribution is 7.89. The molecule has 0 unspecified atom stereocenters. The van der Waals surface area contributed by atoms with Crippen LogP contribution in [0.1, 0.15) is 13.8 Å². The van der Waals surface area contributed by atoms with Gasteiger partial charge in [0, 0.05) is 18.3 Å². The lowest BCUT2D eigenvalue weighted by Gasteiger charge is -2.10. The second kappa shape index (κ2) is 6.53. The first kappa shape index (κ1) is 16.9. The maximum Gasteiger partial charge on any atom is 0.240 e. The lowest BCUT2D eigenvalue weighted by atomic mass is 10.3. The molecule has 7 nitrogen and oxygen atoms in total. The normalized spacial score (nSPS) is 12.6. The molecule has 20 heavy (non-hydrogen) atoms. The van der Waals surface area contributed by atoms with E-state index >= 15 is 0 Å². The van der Waals surface area contributed by atoms with Gasteiger partial charge in [0.1, 0.15) is 0 Å². The van der Waals surface area contributed by atoms with Crippen LogP contribution in [0.2, 0.25) is 0 Å². The van der Waals surface area contributed by atoms with Gasteiger partial charge < -0.3 is 5.32 Å². The zero-order valence-corrected chi connectivity index (χ0v) is 13.0. The third kappa shape index (κ3) is 5.87. The molecule has 0 saturated carbocycles. The molecule has 0 aliphatic rings. The molecule has 9 heteroatoms. The summed E-state index contributed by atoms with van der Waals surface area (Å²) in [6.07, 6.45) is 0. The third-order valence-electron chi connectivity index (χ3n) is 2.27. The topological polar surface area (TPSA) is 118 Å². The summed E-state index contributed by atoms with van der Waals surface area (Å²) < 4.78 is 47.7. The van der Waals surface area contributed by atoms with Crippen molar-refractivity contribution in [1.29, 1.82) is 0 Å². The lowest BCUT2D eigenvalue weighted by Crippen LogP contribution is -2.30. The second-order valence-corrected chi connectivity index (χ2v) is 8.04. The summed E-state index contributed by atoms with van der Waals surface area (Å²) in [4.78, 5) is 0.156. The Balaban J connectivity index is 2.70. The van der Waals surface area contributed by atoms with Crippen LogP contribution in [0, 0.1) is 0 Å². The van der Waals surface area contributed by atoms with Gasteiger partial charge in [0.25, 0.3) is 0 Å². The summed E-state index contributed by atoms with van der Waals surface area (Å²) in [5.41, 5.74) is 0.622. The Morgan fingerprint density at radius 3 is 2.10 bits per heavy atom. The number of primary sulfonamides is 1. The molecular formula is C11H19N3O4S2. The van der Waals surface area contributed by atoms with Gasteiger partial charge in [0.2, 0.25) is 20.0 Å². The fourth-order valence-corrected chi connectivity index (χ4v) is 3.11. The minimum absolute atomic E-state index is 0.156. The highest BCUT2D eigenvalue weighted by atomic mass is 32.2. The van der Waals surface area contributed by atoms with Gasteiger partial charge in [-0.25, -0.2) is 26.7 Å². The molecule has 114 valence electrons. The molecular weight excluding hydrogens is 302 g/mol. The van der Waals surface area contributed by atoms with Crippen molar-refractivity contribution in [1.82, 2.24) is 4.72 Å². The van der Waals surface area contributed by atoms with Gasteiger partial charge in [0.15, 0.2) is 0 Å². The Bertz CT molecular complexity index is 637. The van der Waals surface area contributed by atoms with Crippen molar-refractivity contribution in [3.8, 4) is 0 Å². The minimum atomic E-state index is -3.51. The van der Waals surface area contributed by atoms with Gasteiger partial charge in [-0.3, -0.25) is 0 Å². The molecule has 0 aliphatic heterocycles. The number of anilines is 1. The molecule has 0 heterocycles. The van der Waals surface area contributed by atoms with E-state index in [2.05, 4.69) is 10.0 Å². The van der Waals surface area contributed by atoms with Crippen LogP contribution in [0.4, 0.5) is 5.69 Å². The van der Waals surface area contributed by atoms with E-state index in [0.29, 0.717) is 5.69 Å². The Hall–Kier alpha value is -1.16. The average molecular weight is 321 g/mol. The van der Waals surface area contributed by atoms with Crippen LogP contribution in [-0.2, 0) is 20.0 Å². The predicted octanol–water partition coefficient (Wildman–Crippen LogP) is 0.0737. The van der Waals surface area contributed by atoms with E-state index in [9.17, 15) is 16.8 Å². The van der Waals surface area contributed by atoms with E-state index in [1.165, 1.54) is 12.1 Å². The number of benzene rings is 1. The van der Waals surface area contributed by atoms with Crippen molar-refractivity contribution in [2.45, 2.75) is 24.8 Å². The van der Waals surface area contributed by atoms with Gasteiger partial charge >= 0.3 is 0 Å². The van der Waals surface area contributed by atoms with E-state index in [0.717, 1.165) is 0 Å². The van der Waals surface area contributed by atoms with Crippen molar-refractivity contribution in [3.05, 3.63) is 24.3 Å². The quantitative estimate of drug-likeness (QED) is 0.657. The molecule has 0 spiro atoms. The molecule has 0 bridgehead atoms. The lowest BCUT2D eigenvalue weighted by molar-refractivity contribution is 0.570. The predicted molar refractivity (Wildman–Crippen MR) is 78.4 cm³/mol. The van der Waals surface area contributed by atoms with Gasteiger partial charge in [-0.1, -0.05) is 0 Å². The molecule has 0 fully saturated rings. The van der Waals surface area contributed by atoms with E-state index in [1.54, 1.807) is 26.0 Å². The van der Waals surface area contributed by atoms with Gasteiger partial charge in [-0.2, -0.15) is 0 Å². The molecule has 0 amide bonds. The van der Waals surface area contributed by atoms with Crippen molar-refractivity contribution < 1.29 is 16.8 Å². The highest BCUT2D eigenvalue weighted by Gasteiger charge is 2.14. The SMILES string of the molecule is CC(C)NS(=O)(=O)c1ccc(NCCS(N)(=O)=O)cc1. The van der Waals surface area contributed by atoms with Crippen LogP contribution >= 0.6 is 0 Å². The molecule has 1 aromatic carbocycles. The van der Waals surface area contributed by atoms with E-state index < -0.39 is 20.0 Å². The number of hydrogen-bond acceptors (Lipinski definition) is 5. The Morgan fingerprint density at radius 2 is 1.65 bits per heavy atom. The smallest absolute Gasteiger partial charge is 0.240 e. The first-order valence-corrected chi connectivity index (χ1v) is 9.17. The summed E-state index contributed by atoms with van der Waals surface area (Å²) in [5, 5.41) is 7.72. The molecule has 1 aromatic rings. The number of hydrogen-bond donors (Lipinski definition) is 3. The molecule has 1 rings (SSSR count). The second-order valence-electron chi connectivity index (χ2n) is 4.59. The monoisotopic (exact) mass is 321 g/mol. The number of nitrogens with two attached hydrogens (primary N) is 1. The zero-order valence-electron chi connectivity index (χ0n) is 11.3. The number of rotatable bonds is 7. The third-order valence-corrected chi connectivity index (χ3v) is 4.72. The Kier molecular flexibility index (Phi) is 5.51.